The van der Waals surface area contributed by atoms with Crippen molar-refractivity contribution in [3.8, 4) is 0 Å². The van der Waals surface area contributed by atoms with Crippen LogP contribution in [0.4, 0.5) is 10.2 Å². The predicted octanol–water partition coefficient (Wildman–Crippen LogP) is 2.02. The summed E-state index contributed by atoms with van der Waals surface area (Å²) in [5.41, 5.74) is 0. The van der Waals surface area contributed by atoms with Crippen molar-refractivity contribution in [1.82, 2.24) is 30.4 Å². The van der Waals surface area contributed by atoms with E-state index in [1.807, 2.05) is 30.4 Å². The Hall–Kier alpha value is -2.02. The van der Waals surface area contributed by atoms with Crippen molar-refractivity contribution >= 4 is 35.8 Å². The fourth-order valence-corrected chi connectivity index (χ4v) is 3.29. The molecule has 1 unspecified atom stereocenters. The van der Waals surface area contributed by atoms with Crippen LogP contribution in [0.2, 0.25) is 0 Å². The lowest BCUT2D eigenvalue weighted by Gasteiger charge is -2.20. The van der Waals surface area contributed by atoms with Gasteiger partial charge in [0.2, 0.25) is 0 Å². The summed E-state index contributed by atoms with van der Waals surface area (Å²) in [6.07, 6.45) is 3.38. The van der Waals surface area contributed by atoms with Crippen molar-refractivity contribution < 1.29 is 9.13 Å². The number of guanidine groups is 1. The summed E-state index contributed by atoms with van der Waals surface area (Å²) in [5, 5.41) is 15.1. The highest BCUT2D eigenvalue weighted by atomic mass is 127. The highest BCUT2D eigenvalue weighted by Crippen LogP contribution is 2.20. The fourth-order valence-electron chi connectivity index (χ4n) is 3.29. The number of ether oxygens (including phenoxy) is 1. The van der Waals surface area contributed by atoms with Gasteiger partial charge in [-0.3, -0.25) is 0 Å². The quantitative estimate of drug-likeness (QED) is 0.215. The van der Waals surface area contributed by atoms with E-state index in [9.17, 15) is 4.39 Å². The summed E-state index contributed by atoms with van der Waals surface area (Å²) < 4.78 is 21.4. The van der Waals surface area contributed by atoms with Crippen LogP contribution in [0.25, 0.3) is 0 Å². The Labute approximate surface area is 199 Å². The lowest BCUT2D eigenvalue weighted by molar-refractivity contribution is 0.145. The Bertz CT molecular complexity index is 846. The van der Waals surface area contributed by atoms with Crippen LogP contribution in [0.3, 0.4) is 0 Å². The predicted molar refractivity (Wildman–Crippen MR) is 129 cm³/mol. The van der Waals surface area contributed by atoms with E-state index in [1.54, 1.807) is 12.3 Å². The van der Waals surface area contributed by atoms with Gasteiger partial charge in [0.05, 0.1) is 0 Å². The number of nitrogens with zero attached hydrogens (tertiary/aromatic N) is 6. The zero-order valence-corrected chi connectivity index (χ0v) is 20.7. The van der Waals surface area contributed by atoms with E-state index in [0.717, 1.165) is 37.6 Å². The minimum absolute atomic E-state index is 0. The number of hydrogen-bond donors (Lipinski definition) is 2. The zero-order chi connectivity index (χ0) is 21.3. The first-order valence-electron chi connectivity index (χ1n) is 10.4. The molecule has 0 amide bonds. The zero-order valence-electron chi connectivity index (χ0n) is 18.3. The van der Waals surface area contributed by atoms with E-state index >= 15 is 0 Å². The molecule has 1 saturated heterocycles. The normalized spacial score (nSPS) is 16.3. The van der Waals surface area contributed by atoms with Crippen molar-refractivity contribution in [1.29, 1.82) is 0 Å². The van der Waals surface area contributed by atoms with E-state index in [1.165, 1.54) is 6.07 Å². The minimum atomic E-state index is -0.293. The van der Waals surface area contributed by atoms with Crippen molar-refractivity contribution in [3.63, 3.8) is 0 Å². The van der Waals surface area contributed by atoms with Crippen molar-refractivity contribution in [2.75, 3.05) is 37.7 Å². The number of hydrogen-bond acceptors (Lipinski definition) is 6. The third kappa shape index (κ3) is 7.27. The Balaban J connectivity index is 0.00000341. The van der Waals surface area contributed by atoms with Crippen LogP contribution in [0, 0.1) is 12.7 Å². The number of pyridine rings is 1. The highest BCUT2D eigenvalue weighted by Gasteiger charge is 2.26. The summed E-state index contributed by atoms with van der Waals surface area (Å²) >= 11 is 0. The lowest BCUT2D eigenvalue weighted by Crippen LogP contribution is -2.45. The number of rotatable bonds is 9. The molecule has 0 spiro atoms. The molecule has 0 radical (unpaired) electrons. The third-order valence-electron chi connectivity index (χ3n) is 5.09. The molecule has 1 fully saturated rings. The number of aryl methyl sites for hydroxylation is 1. The molecule has 2 aromatic rings. The van der Waals surface area contributed by atoms with E-state index in [-0.39, 0.29) is 35.8 Å². The molecule has 2 N–H and O–H groups in total. The molecule has 172 valence electrons. The SMILES string of the molecule is CCOCCCNC(=NCc1nnc(C)n1C)NC1CCN(c2ncccc2F)C1.I. The summed E-state index contributed by atoms with van der Waals surface area (Å²) in [6, 6.07) is 3.19. The maximum absolute atomic E-state index is 14.1. The van der Waals surface area contributed by atoms with Crippen LogP contribution in [0.5, 0.6) is 0 Å². The Morgan fingerprint density at radius 2 is 2.23 bits per heavy atom. The highest BCUT2D eigenvalue weighted by molar-refractivity contribution is 14.0. The molecule has 31 heavy (non-hydrogen) atoms. The molecule has 0 aromatic carbocycles. The summed E-state index contributed by atoms with van der Waals surface area (Å²) in [7, 11) is 1.93. The second kappa shape index (κ2) is 12.7. The van der Waals surface area contributed by atoms with Gasteiger partial charge < -0.3 is 24.8 Å². The molecule has 2 aromatic heterocycles. The van der Waals surface area contributed by atoms with Crippen LogP contribution < -0.4 is 15.5 Å². The number of halogens is 2. The average molecular weight is 546 g/mol. The molecule has 1 aliphatic rings. The van der Waals surface area contributed by atoms with Gasteiger partial charge in [-0.05, 0) is 38.8 Å². The monoisotopic (exact) mass is 546 g/mol. The minimum Gasteiger partial charge on any atom is -0.382 e. The van der Waals surface area contributed by atoms with Gasteiger partial charge in [-0.25, -0.2) is 14.4 Å². The van der Waals surface area contributed by atoms with Gasteiger partial charge in [-0.15, -0.1) is 34.2 Å². The number of aliphatic imine (C=N–C) groups is 1. The first-order valence-corrected chi connectivity index (χ1v) is 10.4. The van der Waals surface area contributed by atoms with Crippen LogP contribution in [-0.2, 0) is 18.3 Å². The largest absolute Gasteiger partial charge is 0.382 e. The van der Waals surface area contributed by atoms with Gasteiger partial charge in [0.15, 0.2) is 23.4 Å². The standard InChI is InChI=1S/C20H31FN8O.HI/c1-4-30-12-6-10-23-20(24-13-18-27-26-15(2)28(18)3)25-16-8-11-29(14-16)19-17(21)7-5-9-22-19;/h5,7,9,16H,4,6,8,10-14H2,1-3H3,(H2,23,24,25);1H. The van der Waals surface area contributed by atoms with Crippen LogP contribution in [-0.4, -0.2) is 64.6 Å². The molecular weight excluding hydrogens is 514 g/mol. The van der Waals surface area contributed by atoms with E-state index in [2.05, 4.69) is 30.8 Å². The first-order chi connectivity index (χ1) is 14.6. The molecule has 3 rings (SSSR count). The number of anilines is 1. The molecule has 9 nitrogen and oxygen atoms in total. The Morgan fingerprint density at radius 3 is 2.94 bits per heavy atom. The number of nitrogens with one attached hydrogen (secondary N) is 2. The summed E-state index contributed by atoms with van der Waals surface area (Å²) in [6.45, 7) is 7.89. The smallest absolute Gasteiger partial charge is 0.191 e. The van der Waals surface area contributed by atoms with Gasteiger partial charge in [0, 0.05) is 52.1 Å². The maximum atomic E-state index is 14.1. The van der Waals surface area contributed by atoms with Gasteiger partial charge in [-0.1, -0.05) is 0 Å². The Morgan fingerprint density at radius 1 is 1.39 bits per heavy atom. The van der Waals surface area contributed by atoms with Crippen LogP contribution >= 0.6 is 24.0 Å². The second-order valence-electron chi connectivity index (χ2n) is 7.25. The number of aromatic nitrogens is 4. The summed E-state index contributed by atoms with van der Waals surface area (Å²) in [5.74, 6) is 2.47. The first kappa shape index (κ1) is 25.2. The fraction of sp³-hybridized carbons (Fsp3) is 0.600. The van der Waals surface area contributed by atoms with Gasteiger partial charge >= 0.3 is 0 Å². The molecule has 11 heteroatoms. The van der Waals surface area contributed by atoms with Crippen molar-refractivity contribution in [2.24, 2.45) is 12.0 Å². The van der Waals surface area contributed by atoms with Gasteiger partial charge in [-0.2, -0.15) is 0 Å². The van der Waals surface area contributed by atoms with Gasteiger partial charge in [0.25, 0.3) is 0 Å². The van der Waals surface area contributed by atoms with Crippen LogP contribution in [0.15, 0.2) is 23.3 Å². The average Bonchev–Trinajstić information content (AvgIpc) is 3.33. The molecule has 0 bridgehead atoms. The van der Waals surface area contributed by atoms with E-state index in [0.29, 0.717) is 38.1 Å². The maximum Gasteiger partial charge on any atom is 0.191 e. The van der Waals surface area contributed by atoms with E-state index in [4.69, 9.17) is 4.74 Å². The molecule has 0 aliphatic carbocycles. The second-order valence-corrected chi connectivity index (χ2v) is 7.25. The topological polar surface area (TPSA) is 92.5 Å². The molecular formula is C20H32FIN8O. The van der Waals surface area contributed by atoms with Crippen LogP contribution in [0.1, 0.15) is 31.4 Å². The molecule has 1 aliphatic heterocycles. The lowest BCUT2D eigenvalue weighted by atomic mass is 10.3. The van der Waals surface area contributed by atoms with E-state index < -0.39 is 0 Å². The molecule has 3 heterocycles. The molecule has 0 saturated carbocycles. The Kier molecular flexibility index (Phi) is 10.4. The summed E-state index contributed by atoms with van der Waals surface area (Å²) in [4.78, 5) is 10.8. The van der Waals surface area contributed by atoms with Crippen molar-refractivity contribution in [2.45, 2.75) is 39.3 Å². The molecule has 1 atom stereocenters. The van der Waals surface area contributed by atoms with Crippen molar-refractivity contribution in [3.05, 3.63) is 35.8 Å². The van der Waals surface area contributed by atoms with Gasteiger partial charge in [0.1, 0.15) is 12.4 Å². The third-order valence-corrected chi connectivity index (χ3v) is 5.09.